The van der Waals surface area contributed by atoms with Gasteiger partial charge in [0.1, 0.15) is 12.2 Å². The van der Waals surface area contributed by atoms with Crippen LogP contribution in [0.2, 0.25) is 0 Å². The Hall–Kier alpha value is -1.91. The van der Waals surface area contributed by atoms with Gasteiger partial charge >= 0.3 is 0 Å². The third-order valence-electron chi connectivity index (χ3n) is 3.48. The minimum Gasteiger partial charge on any atom is -0.477 e. The Morgan fingerprint density at radius 2 is 2.08 bits per heavy atom. The molecule has 8 nitrogen and oxygen atoms in total. The maximum absolute atomic E-state index is 5.75. The first-order chi connectivity index (χ1) is 11.7. The van der Waals surface area contributed by atoms with Gasteiger partial charge in [0.2, 0.25) is 5.88 Å². The maximum Gasteiger partial charge on any atom is 0.218 e. The van der Waals surface area contributed by atoms with Gasteiger partial charge in [0, 0.05) is 32.4 Å². The molecule has 0 saturated carbocycles. The lowest BCUT2D eigenvalue weighted by atomic mass is 10.2. The minimum absolute atomic E-state index is 0. The van der Waals surface area contributed by atoms with Crippen LogP contribution in [0.15, 0.2) is 29.6 Å². The molecule has 9 heteroatoms. The fourth-order valence-corrected chi connectivity index (χ4v) is 2.04. The Morgan fingerprint density at radius 1 is 1.28 bits per heavy atom. The number of halogens is 1. The average molecular weight is 459 g/mol. The van der Waals surface area contributed by atoms with Crippen LogP contribution in [0, 0.1) is 0 Å². The first-order valence-corrected chi connectivity index (χ1v) is 8.08. The number of hydrogen-bond acceptors (Lipinski definition) is 5. The number of rotatable bonds is 8. The molecule has 0 radical (unpaired) electrons. The number of nitrogens with one attached hydrogen (secondary N) is 2. The standard InChI is InChI=1S/C16H25N7O.HI/c1-4-5-9-24-15-13(7-6-8-18-15)10-19-16(17-2)20-11-14-21-12-22-23(14)3;/h6-8,12H,4-5,9-11H2,1-3H3,(H2,17,19,20);1H. The van der Waals surface area contributed by atoms with Crippen molar-refractivity contribution < 1.29 is 4.74 Å². The molecule has 0 unspecified atom stereocenters. The quantitative estimate of drug-likeness (QED) is 0.271. The van der Waals surface area contributed by atoms with E-state index >= 15 is 0 Å². The molecule has 2 heterocycles. The molecule has 0 saturated heterocycles. The first kappa shape index (κ1) is 21.1. The summed E-state index contributed by atoms with van der Waals surface area (Å²) in [7, 11) is 3.59. The molecule has 0 aliphatic carbocycles. The Kier molecular flexibility index (Phi) is 9.81. The van der Waals surface area contributed by atoms with Gasteiger partial charge in [0.25, 0.3) is 0 Å². The van der Waals surface area contributed by atoms with Crippen LogP contribution in [0.3, 0.4) is 0 Å². The van der Waals surface area contributed by atoms with E-state index in [1.54, 1.807) is 17.9 Å². The Balaban J connectivity index is 0.00000312. The smallest absolute Gasteiger partial charge is 0.218 e. The SMILES string of the molecule is CCCCOc1ncccc1CNC(=NC)NCc1ncnn1C.I. The van der Waals surface area contributed by atoms with Crippen LogP contribution in [-0.2, 0) is 20.1 Å². The van der Waals surface area contributed by atoms with Gasteiger partial charge in [-0.25, -0.2) is 9.97 Å². The molecule has 0 spiro atoms. The average Bonchev–Trinajstić information content (AvgIpc) is 3.01. The maximum atomic E-state index is 5.75. The van der Waals surface area contributed by atoms with Gasteiger partial charge in [0.05, 0.1) is 13.2 Å². The minimum atomic E-state index is 0. The summed E-state index contributed by atoms with van der Waals surface area (Å²) >= 11 is 0. The molecule has 0 fully saturated rings. The Bertz CT molecular complexity index is 659. The number of aromatic nitrogens is 4. The van der Waals surface area contributed by atoms with Gasteiger partial charge in [-0.15, -0.1) is 24.0 Å². The zero-order valence-corrected chi connectivity index (χ0v) is 17.2. The van der Waals surface area contributed by atoms with E-state index in [9.17, 15) is 0 Å². The van der Waals surface area contributed by atoms with E-state index in [-0.39, 0.29) is 24.0 Å². The van der Waals surface area contributed by atoms with Gasteiger partial charge in [-0.3, -0.25) is 9.67 Å². The topological polar surface area (TPSA) is 89.2 Å². The third kappa shape index (κ3) is 6.85. The van der Waals surface area contributed by atoms with Crippen molar-refractivity contribution in [1.29, 1.82) is 0 Å². The van der Waals surface area contributed by atoms with Gasteiger partial charge in [-0.1, -0.05) is 19.4 Å². The highest BCUT2D eigenvalue weighted by Gasteiger charge is 2.07. The summed E-state index contributed by atoms with van der Waals surface area (Å²) in [6.07, 6.45) is 5.39. The molecule has 2 rings (SSSR count). The molecule has 0 amide bonds. The summed E-state index contributed by atoms with van der Waals surface area (Å²) < 4.78 is 7.47. The largest absolute Gasteiger partial charge is 0.477 e. The van der Waals surface area contributed by atoms with Crippen molar-refractivity contribution in [1.82, 2.24) is 30.4 Å². The second-order valence-electron chi connectivity index (χ2n) is 5.25. The van der Waals surface area contributed by atoms with Gasteiger partial charge < -0.3 is 15.4 Å². The van der Waals surface area contributed by atoms with E-state index < -0.39 is 0 Å². The van der Waals surface area contributed by atoms with E-state index in [0.29, 0.717) is 31.5 Å². The summed E-state index contributed by atoms with van der Waals surface area (Å²) in [5.74, 6) is 2.19. The number of hydrogen-bond donors (Lipinski definition) is 2. The fourth-order valence-electron chi connectivity index (χ4n) is 2.04. The summed E-state index contributed by atoms with van der Waals surface area (Å²) in [5, 5.41) is 10.5. The van der Waals surface area contributed by atoms with Crippen molar-refractivity contribution in [2.75, 3.05) is 13.7 Å². The lowest BCUT2D eigenvalue weighted by Crippen LogP contribution is -2.37. The van der Waals surface area contributed by atoms with Crippen molar-refractivity contribution in [3.05, 3.63) is 36.0 Å². The zero-order chi connectivity index (χ0) is 17.2. The third-order valence-corrected chi connectivity index (χ3v) is 3.48. The predicted molar refractivity (Wildman–Crippen MR) is 108 cm³/mol. The monoisotopic (exact) mass is 459 g/mol. The highest BCUT2D eigenvalue weighted by molar-refractivity contribution is 14.0. The van der Waals surface area contributed by atoms with Crippen molar-refractivity contribution in [3.63, 3.8) is 0 Å². The van der Waals surface area contributed by atoms with Crippen molar-refractivity contribution in [3.8, 4) is 5.88 Å². The number of unbranched alkanes of at least 4 members (excludes halogenated alkanes) is 1. The number of ether oxygens (including phenoxy) is 1. The van der Waals surface area contributed by atoms with Crippen LogP contribution in [0.5, 0.6) is 5.88 Å². The van der Waals surface area contributed by atoms with Crippen molar-refractivity contribution >= 4 is 29.9 Å². The molecule has 0 atom stereocenters. The highest BCUT2D eigenvalue weighted by Crippen LogP contribution is 2.14. The first-order valence-electron chi connectivity index (χ1n) is 8.08. The fraction of sp³-hybridized carbons (Fsp3) is 0.500. The van der Waals surface area contributed by atoms with Crippen LogP contribution < -0.4 is 15.4 Å². The van der Waals surface area contributed by atoms with Crippen LogP contribution >= 0.6 is 24.0 Å². The molecule has 0 aromatic carbocycles. The summed E-state index contributed by atoms with van der Waals surface area (Å²) in [4.78, 5) is 12.7. The summed E-state index contributed by atoms with van der Waals surface area (Å²) in [5.41, 5.74) is 0.996. The lowest BCUT2D eigenvalue weighted by Gasteiger charge is -2.13. The second-order valence-corrected chi connectivity index (χ2v) is 5.25. The molecule has 2 aromatic rings. The van der Waals surface area contributed by atoms with E-state index in [1.807, 2.05) is 19.2 Å². The van der Waals surface area contributed by atoms with Crippen LogP contribution in [0.25, 0.3) is 0 Å². The Labute approximate surface area is 165 Å². The van der Waals surface area contributed by atoms with E-state index in [1.165, 1.54) is 6.33 Å². The van der Waals surface area contributed by atoms with Crippen molar-refractivity contribution in [2.24, 2.45) is 12.0 Å². The molecule has 25 heavy (non-hydrogen) atoms. The number of guanidine groups is 1. The van der Waals surface area contributed by atoms with Crippen molar-refractivity contribution in [2.45, 2.75) is 32.9 Å². The number of aryl methyl sites for hydroxylation is 1. The molecule has 0 bridgehead atoms. The summed E-state index contributed by atoms with van der Waals surface area (Å²) in [6, 6.07) is 3.90. The molecular formula is C16H26IN7O. The van der Waals surface area contributed by atoms with Gasteiger partial charge in [0.15, 0.2) is 5.96 Å². The number of aliphatic imine (C=N–C) groups is 1. The van der Waals surface area contributed by atoms with Gasteiger partial charge in [-0.05, 0) is 12.5 Å². The predicted octanol–water partition coefficient (Wildman–Crippen LogP) is 1.87. The molecule has 2 aromatic heterocycles. The van der Waals surface area contributed by atoms with Gasteiger partial charge in [-0.2, -0.15) is 5.10 Å². The van der Waals surface area contributed by atoms with Crippen LogP contribution in [0.4, 0.5) is 0 Å². The molecular weight excluding hydrogens is 433 g/mol. The highest BCUT2D eigenvalue weighted by atomic mass is 127. The van der Waals surface area contributed by atoms with E-state index in [2.05, 4.69) is 37.6 Å². The second kappa shape index (κ2) is 11.6. The number of nitrogens with zero attached hydrogens (tertiary/aromatic N) is 5. The van der Waals surface area contributed by atoms with Crippen LogP contribution in [-0.4, -0.2) is 39.4 Å². The molecule has 138 valence electrons. The normalized spacial score (nSPS) is 10.9. The molecule has 2 N–H and O–H groups in total. The van der Waals surface area contributed by atoms with E-state index in [4.69, 9.17) is 4.74 Å². The summed E-state index contributed by atoms with van der Waals surface area (Å²) in [6.45, 7) is 3.94. The Morgan fingerprint density at radius 3 is 2.76 bits per heavy atom. The molecule has 0 aliphatic heterocycles. The lowest BCUT2D eigenvalue weighted by molar-refractivity contribution is 0.294. The van der Waals surface area contributed by atoms with E-state index in [0.717, 1.165) is 24.2 Å². The number of pyridine rings is 1. The molecule has 0 aliphatic rings. The zero-order valence-electron chi connectivity index (χ0n) is 14.9. The van der Waals surface area contributed by atoms with Crippen LogP contribution in [0.1, 0.15) is 31.2 Å².